The van der Waals surface area contributed by atoms with E-state index in [1.807, 2.05) is 6.92 Å². The second-order valence-electron chi connectivity index (χ2n) is 7.33. The van der Waals surface area contributed by atoms with Gasteiger partial charge in [-0.1, -0.05) is 0 Å². The lowest BCUT2D eigenvalue weighted by molar-refractivity contribution is -0.0179. The molecule has 0 spiro atoms. The molecule has 2 fully saturated rings. The standard InChI is InChI=1S/C17H35N5O4S2.HI/c1-3-18-16(19-4-13-28(24,25)22-7-11-27-12-8-22)20-14-17(2,23)15-21-5-9-26-10-6-21;/h23H,3-15H2,1-2H3,(H2,18,19,20);1H. The normalized spacial score (nSPS) is 21.8. The number of ether oxygens (including phenoxy) is 1. The van der Waals surface area contributed by atoms with Gasteiger partial charge in [0.2, 0.25) is 10.0 Å². The van der Waals surface area contributed by atoms with Gasteiger partial charge in [-0.15, -0.1) is 24.0 Å². The molecule has 29 heavy (non-hydrogen) atoms. The molecule has 0 bridgehead atoms. The highest BCUT2D eigenvalue weighted by molar-refractivity contribution is 14.0. The van der Waals surface area contributed by atoms with Crippen LogP contribution in [-0.2, 0) is 14.8 Å². The summed E-state index contributed by atoms with van der Waals surface area (Å²) in [7, 11) is -3.25. The van der Waals surface area contributed by atoms with E-state index in [0.29, 0.717) is 45.4 Å². The predicted octanol–water partition coefficient (Wildman–Crippen LogP) is -0.379. The summed E-state index contributed by atoms with van der Waals surface area (Å²) in [6, 6.07) is 0. The van der Waals surface area contributed by atoms with E-state index in [4.69, 9.17) is 4.74 Å². The summed E-state index contributed by atoms with van der Waals surface area (Å²) in [5.74, 6) is 2.27. The molecule has 0 aliphatic carbocycles. The third kappa shape index (κ3) is 10.3. The number of aliphatic imine (C=N–C) groups is 1. The largest absolute Gasteiger partial charge is 0.387 e. The van der Waals surface area contributed by atoms with Gasteiger partial charge in [0.25, 0.3) is 0 Å². The maximum Gasteiger partial charge on any atom is 0.215 e. The Morgan fingerprint density at radius 2 is 1.86 bits per heavy atom. The number of guanidine groups is 1. The Balaban J connectivity index is 0.00000420. The maximum absolute atomic E-state index is 12.4. The maximum atomic E-state index is 12.4. The van der Waals surface area contributed by atoms with Crippen LogP contribution in [0.25, 0.3) is 0 Å². The van der Waals surface area contributed by atoms with E-state index in [2.05, 4.69) is 20.5 Å². The third-order valence-corrected chi connectivity index (χ3v) is 7.42. The van der Waals surface area contributed by atoms with Crippen LogP contribution in [0.2, 0.25) is 0 Å². The molecule has 1 unspecified atom stereocenters. The minimum Gasteiger partial charge on any atom is -0.387 e. The van der Waals surface area contributed by atoms with Gasteiger partial charge in [0.05, 0.1) is 31.1 Å². The lowest BCUT2D eigenvalue weighted by Crippen LogP contribution is -2.48. The number of nitrogens with zero attached hydrogens (tertiary/aromatic N) is 3. The summed E-state index contributed by atoms with van der Waals surface area (Å²) in [6.07, 6.45) is 0. The summed E-state index contributed by atoms with van der Waals surface area (Å²) in [6.45, 7) is 9.60. The summed E-state index contributed by atoms with van der Waals surface area (Å²) in [4.78, 5) is 6.63. The second-order valence-corrected chi connectivity index (χ2v) is 10.6. The fourth-order valence-electron chi connectivity index (χ4n) is 3.13. The Morgan fingerprint density at radius 3 is 2.48 bits per heavy atom. The first-order valence-corrected chi connectivity index (χ1v) is 12.7. The minimum atomic E-state index is -3.25. The third-order valence-electron chi connectivity index (χ3n) is 4.61. The fourth-order valence-corrected chi connectivity index (χ4v) is 5.63. The Kier molecular flexibility index (Phi) is 12.7. The minimum absolute atomic E-state index is 0. The Labute approximate surface area is 196 Å². The van der Waals surface area contributed by atoms with Crippen LogP contribution < -0.4 is 10.6 Å². The fraction of sp³-hybridized carbons (Fsp3) is 0.941. The highest BCUT2D eigenvalue weighted by Gasteiger charge is 2.26. The molecule has 9 nitrogen and oxygen atoms in total. The first-order valence-electron chi connectivity index (χ1n) is 9.93. The number of hydrogen-bond acceptors (Lipinski definition) is 7. The topological polar surface area (TPSA) is 106 Å². The summed E-state index contributed by atoms with van der Waals surface area (Å²) < 4.78 is 31.8. The molecule has 0 radical (unpaired) electrons. The predicted molar refractivity (Wildman–Crippen MR) is 130 cm³/mol. The van der Waals surface area contributed by atoms with Crippen molar-refractivity contribution in [2.75, 3.05) is 82.8 Å². The number of morpholine rings is 1. The first-order chi connectivity index (χ1) is 13.3. The van der Waals surface area contributed by atoms with Gasteiger partial charge < -0.3 is 20.5 Å². The van der Waals surface area contributed by atoms with Crippen molar-refractivity contribution in [3.63, 3.8) is 0 Å². The molecule has 0 saturated carbocycles. The molecular weight excluding hydrogens is 529 g/mol. The van der Waals surface area contributed by atoms with Gasteiger partial charge in [-0.2, -0.15) is 11.8 Å². The summed E-state index contributed by atoms with van der Waals surface area (Å²) in [5.41, 5.74) is -0.961. The van der Waals surface area contributed by atoms with E-state index in [-0.39, 0.29) is 42.8 Å². The van der Waals surface area contributed by atoms with Gasteiger partial charge in [0.15, 0.2) is 5.96 Å². The first kappa shape index (κ1) is 27.2. The lowest BCUT2D eigenvalue weighted by atomic mass is 10.1. The monoisotopic (exact) mass is 565 g/mol. The van der Waals surface area contributed by atoms with E-state index in [9.17, 15) is 13.5 Å². The van der Waals surface area contributed by atoms with Gasteiger partial charge in [0, 0.05) is 57.3 Å². The number of thioether (sulfide) groups is 1. The number of nitrogens with one attached hydrogen (secondary N) is 2. The van der Waals surface area contributed by atoms with Crippen LogP contribution in [0.1, 0.15) is 13.8 Å². The SMILES string of the molecule is CCNC(=NCC(C)(O)CN1CCOCC1)NCCS(=O)(=O)N1CCSCC1.I. The smallest absolute Gasteiger partial charge is 0.215 e. The van der Waals surface area contributed by atoms with Gasteiger partial charge >= 0.3 is 0 Å². The van der Waals surface area contributed by atoms with Crippen molar-refractivity contribution in [3.8, 4) is 0 Å². The molecule has 2 aliphatic heterocycles. The van der Waals surface area contributed by atoms with Crippen molar-refractivity contribution in [1.29, 1.82) is 0 Å². The van der Waals surface area contributed by atoms with Crippen LogP contribution in [-0.4, -0.2) is 117 Å². The van der Waals surface area contributed by atoms with Crippen LogP contribution in [0.3, 0.4) is 0 Å². The zero-order valence-electron chi connectivity index (χ0n) is 17.4. The van der Waals surface area contributed by atoms with E-state index >= 15 is 0 Å². The van der Waals surface area contributed by atoms with Gasteiger partial charge in [-0.25, -0.2) is 12.7 Å². The van der Waals surface area contributed by atoms with Gasteiger partial charge in [-0.3, -0.25) is 9.89 Å². The summed E-state index contributed by atoms with van der Waals surface area (Å²) in [5, 5.41) is 16.8. The Morgan fingerprint density at radius 1 is 1.21 bits per heavy atom. The van der Waals surface area contributed by atoms with E-state index in [0.717, 1.165) is 24.6 Å². The van der Waals surface area contributed by atoms with Crippen molar-refractivity contribution in [3.05, 3.63) is 0 Å². The zero-order valence-corrected chi connectivity index (χ0v) is 21.4. The number of β-amino-alcohol motifs (C(OH)–C–C–N with tert-alkyl or cyclic N) is 1. The van der Waals surface area contributed by atoms with Crippen molar-refractivity contribution < 1.29 is 18.3 Å². The molecule has 0 aromatic heterocycles. The van der Waals surface area contributed by atoms with Crippen molar-refractivity contribution in [2.45, 2.75) is 19.4 Å². The van der Waals surface area contributed by atoms with Crippen LogP contribution in [0.5, 0.6) is 0 Å². The molecule has 3 N–H and O–H groups in total. The molecule has 2 heterocycles. The lowest BCUT2D eigenvalue weighted by Gasteiger charge is -2.33. The van der Waals surface area contributed by atoms with Crippen molar-refractivity contribution >= 4 is 51.7 Å². The number of sulfonamides is 1. The van der Waals surface area contributed by atoms with Crippen molar-refractivity contribution in [1.82, 2.24) is 19.8 Å². The highest BCUT2D eigenvalue weighted by Crippen LogP contribution is 2.13. The Hall–Kier alpha value is 0.140. The molecular formula is C17H36IN5O4S2. The quantitative estimate of drug-likeness (QED) is 0.198. The molecule has 172 valence electrons. The van der Waals surface area contributed by atoms with Crippen LogP contribution in [0, 0.1) is 0 Å². The highest BCUT2D eigenvalue weighted by atomic mass is 127. The van der Waals surface area contributed by atoms with Crippen LogP contribution >= 0.6 is 35.7 Å². The van der Waals surface area contributed by atoms with Crippen LogP contribution in [0.15, 0.2) is 4.99 Å². The van der Waals surface area contributed by atoms with E-state index in [1.54, 1.807) is 23.0 Å². The average Bonchev–Trinajstić information content (AvgIpc) is 2.67. The van der Waals surface area contributed by atoms with E-state index < -0.39 is 15.6 Å². The number of halogens is 1. The van der Waals surface area contributed by atoms with Gasteiger partial charge in [-0.05, 0) is 13.8 Å². The molecule has 1 atom stereocenters. The number of aliphatic hydroxyl groups is 1. The number of rotatable bonds is 9. The molecule has 2 aliphatic rings. The molecule has 0 amide bonds. The molecule has 0 aromatic rings. The Bertz CT molecular complexity index is 595. The van der Waals surface area contributed by atoms with Crippen molar-refractivity contribution in [2.24, 2.45) is 4.99 Å². The molecule has 0 aromatic carbocycles. The second kappa shape index (κ2) is 13.5. The van der Waals surface area contributed by atoms with Crippen LogP contribution in [0.4, 0.5) is 0 Å². The van der Waals surface area contributed by atoms with Gasteiger partial charge in [0.1, 0.15) is 0 Å². The van der Waals surface area contributed by atoms with E-state index in [1.165, 1.54) is 0 Å². The zero-order chi connectivity index (χ0) is 20.5. The molecule has 2 saturated heterocycles. The average molecular weight is 566 g/mol. The number of hydrogen-bond donors (Lipinski definition) is 3. The molecule has 12 heteroatoms. The summed E-state index contributed by atoms with van der Waals surface area (Å²) >= 11 is 1.79. The molecule has 2 rings (SSSR count).